The average molecular weight is 223 g/mol. The summed E-state index contributed by atoms with van der Waals surface area (Å²) in [5.41, 5.74) is 0.615. The van der Waals surface area contributed by atoms with Crippen LogP contribution in [-0.4, -0.2) is 27.2 Å². The highest BCUT2D eigenvalue weighted by atomic mass is 16.4. The number of H-pyrrole nitrogens is 1. The van der Waals surface area contributed by atoms with E-state index in [1.165, 1.54) is 6.20 Å². The molecule has 0 spiro atoms. The molecule has 0 bridgehead atoms. The van der Waals surface area contributed by atoms with Crippen LogP contribution in [-0.2, 0) is 9.59 Å². The summed E-state index contributed by atoms with van der Waals surface area (Å²) in [6.45, 7) is 0. The van der Waals surface area contributed by atoms with Crippen LogP contribution in [0.1, 0.15) is 19.3 Å². The first-order valence-electron chi connectivity index (χ1n) is 5.19. The maximum absolute atomic E-state index is 11.7. The van der Waals surface area contributed by atoms with Gasteiger partial charge in [0.25, 0.3) is 0 Å². The summed E-state index contributed by atoms with van der Waals surface area (Å²) in [5.74, 6) is -1.50. The average Bonchev–Trinajstić information content (AvgIpc) is 2.86. The first kappa shape index (κ1) is 10.7. The Balaban J connectivity index is 1.90. The van der Waals surface area contributed by atoms with Crippen molar-refractivity contribution in [2.24, 2.45) is 11.8 Å². The van der Waals surface area contributed by atoms with Gasteiger partial charge in [-0.15, -0.1) is 0 Å². The molecule has 1 heterocycles. The number of amides is 1. The highest BCUT2D eigenvalue weighted by molar-refractivity contribution is 5.92. The molecular weight excluding hydrogens is 210 g/mol. The van der Waals surface area contributed by atoms with E-state index in [1.807, 2.05) is 0 Å². The van der Waals surface area contributed by atoms with Crippen molar-refractivity contribution >= 4 is 17.6 Å². The van der Waals surface area contributed by atoms with Crippen molar-refractivity contribution in [2.45, 2.75) is 19.3 Å². The number of hydrogen-bond acceptors (Lipinski definition) is 3. The molecule has 1 aliphatic carbocycles. The molecule has 1 saturated carbocycles. The zero-order valence-corrected chi connectivity index (χ0v) is 8.64. The number of aromatic nitrogens is 2. The minimum absolute atomic E-state index is 0.120. The number of carboxylic acids is 1. The monoisotopic (exact) mass is 223 g/mol. The predicted molar refractivity (Wildman–Crippen MR) is 55.7 cm³/mol. The van der Waals surface area contributed by atoms with Crippen LogP contribution < -0.4 is 5.32 Å². The van der Waals surface area contributed by atoms with Gasteiger partial charge in [-0.25, -0.2) is 0 Å². The second-order valence-electron chi connectivity index (χ2n) is 4.02. The number of aliphatic carboxylic acids is 1. The number of nitrogens with one attached hydrogen (secondary N) is 2. The highest BCUT2D eigenvalue weighted by Crippen LogP contribution is 2.31. The normalized spacial score (nSPS) is 24.2. The minimum Gasteiger partial charge on any atom is -0.481 e. The topological polar surface area (TPSA) is 95.1 Å². The Kier molecular flexibility index (Phi) is 2.89. The van der Waals surface area contributed by atoms with E-state index in [2.05, 4.69) is 15.5 Å². The lowest BCUT2D eigenvalue weighted by Crippen LogP contribution is -2.21. The van der Waals surface area contributed by atoms with Crippen LogP contribution >= 0.6 is 0 Å². The third-order valence-electron chi connectivity index (χ3n) is 2.92. The molecule has 86 valence electrons. The Hall–Kier alpha value is -1.85. The fraction of sp³-hybridized carbons (Fsp3) is 0.500. The summed E-state index contributed by atoms with van der Waals surface area (Å²) in [6.07, 6.45) is 4.75. The van der Waals surface area contributed by atoms with Gasteiger partial charge in [-0.3, -0.25) is 14.7 Å². The quantitative estimate of drug-likeness (QED) is 0.707. The molecular formula is C10H13N3O3. The number of carbonyl (C=O) groups is 2. The molecule has 0 radical (unpaired) electrons. The van der Waals surface area contributed by atoms with E-state index >= 15 is 0 Å². The highest BCUT2D eigenvalue weighted by Gasteiger charge is 2.33. The standard InChI is InChI=1S/C10H13N3O3/c14-9(13-8-4-11-12-5-8)6-1-2-7(3-6)10(15)16/h4-7H,1-3H2,(H,11,12)(H,13,14)(H,15,16). The second kappa shape index (κ2) is 4.34. The maximum atomic E-state index is 11.7. The predicted octanol–water partition coefficient (Wildman–Crippen LogP) is 0.849. The third kappa shape index (κ3) is 2.21. The van der Waals surface area contributed by atoms with E-state index in [4.69, 9.17) is 5.11 Å². The van der Waals surface area contributed by atoms with Crippen LogP contribution in [0.5, 0.6) is 0 Å². The lowest BCUT2D eigenvalue weighted by molar-refractivity contribution is -0.141. The van der Waals surface area contributed by atoms with Gasteiger partial charge < -0.3 is 10.4 Å². The number of carbonyl (C=O) groups excluding carboxylic acids is 1. The second-order valence-corrected chi connectivity index (χ2v) is 4.02. The first-order valence-corrected chi connectivity index (χ1v) is 5.19. The molecule has 2 atom stereocenters. The van der Waals surface area contributed by atoms with Crippen molar-refractivity contribution in [2.75, 3.05) is 5.32 Å². The molecule has 6 heteroatoms. The fourth-order valence-electron chi connectivity index (χ4n) is 2.01. The zero-order chi connectivity index (χ0) is 11.5. The van der Waals surface area contributed by atoms with Crippen molar-refractivity contribution < 1.29 is 14.7 Å². The summed E-state index contributed by atoms with van der Waals surface area (Å²) in [5, 5.41) is 17.8. The SMILES string of the molecule is O=C(O)C1CCC(C(=O)Nc2cn[nH]c2)C1. The van der Waals surface area contributed by atoms with Crippen LogP contribution in [0.25, 0.3) is 0 Å². The van der Waals surface area contributed by atoms with E-state index in [0.29, 0.717) is 24.9 Å². The Morgan fingerprint density at radius 2 is 2.19 bits per heavy atom. The van der Waals surface area contributed by atoms with Gasteiger partial charge in [0.2, 0.25) is 5.91 Å². The molecule has 2 unspecified atom stereocenters. The van der Waals surface area contributed by atoms with Gasteiger partial charge in [-0.2, -0.15) is 5.10 Å². The molecule has 1 fully saturated rings. The Bertz CT molecular complexity index is 388. The third-order valence-corrected chi connectivity index (χ3v) is 2.92. The van der Waals surface area contributed by atoms with Gasteiger partial charge in [0.1, 0.15) is 0 Å². The fourth-order valence-corrected chi connectivity index (χ4v) is 2.01. The molecule has 6 nitrogen and oxygen atoms in total. The number of carboxylic acid groups (broad SMARTS) is 1. The summed E-state index contributed by atoms with van der Waals surface area (Å²) in [4.78, 5) is 22.5. The number of anilines is 1. The van der Waals surface area contributed by atoms with Gasteiger partial charge >= 0.3 is 5.97 Å². The molecule has 2 rings (SSSR count). The minimum atomic E-state index is -0.807. The van der Waals surface area contributed by atoms with E-state index in [-0.39, 0.29) is 17.7 Å². The van der Waals surface area contributed by atoms with Gasteiger partial charge in [0.15, 0.2) is 0 Å². The van der Waals surface area contributed by atoms with Crippen LogP contribution in [0, 0.1) is 11.8 Å². The maximum Gasteiger partial charge on any atom is 0.306 e. The summed E-state index contributed by atoms with van der Waals surface area (Å²) >= 11 is 0. The van der Waals surface area contributed by atoms with Crippen molar-refractivity contribution in [3.8, 4) is 0 Å². The Morgan fingerprint density at radius 1 is 1.44 bits per heavy atom. The Morgan fingerprint density at radius 3 is 2.75 bits per heavy atom. The molecule has 1 aliphatic rings. The van der Waals surface area contributed by atoms with Gasteiger partial charge in [0.05, 0.1) is 17.8 Å². The van der Waals surface area contributed by atoms with Crippen molar-refractivity contribution in [1.29, 1.82) is 0 Å². The summed E-state index contributed by atoms with van der Waals surface area (Å²) < 4.78 is 0. The van der Waals surface area contributed by atoms with E-state index in [1.54, 1.807) is 6.20 Å². The van der Waals surface area contributed by atoms with Gasteiger partial charge in [-0.1, -0.05) is 0 Å². The van der Waals surface area contributed by atoms with Gasteiger partial charge in [-0.05, 0) is 19.3 Å². The zero-order valence-electron chi connectivity index (χ0n) is 8.64. The molecule has 16 heavy (non-hydrogen) atoms. The van der Waals surface area contributed by atoms with E-state index < -0.39 is 5.97 Å². The van der Waals surface area contributed by atoms with Crippen LogP contribution in [0.15, 0.2) is 12.4 Å². The van der Waals surface area contributed by atoms with Crippen LogP contribution in [0.2, 0.25) is 0 Å². The molecule has 0 aliphatic heterocycles. The van der Waals surface area contributed by atoms with E-state index in [9.17, 15) is 9.59 Å². The lowest BCUT2D eigenvalue weighted by Gasteiger charge is -2.08. The smallest absolute Gasteiger partial charge is 0.306 e. The van der Waals surface area contributed by atoms with Crippen LogP contribution in [0.3, 0.4) is 0 Å². The Labute approximate surface area is 92.0 Å². The van der Waals surface area contributed by atoms with Gasteiger partial charge in [0, 0.05) is 12.1 Å². The van der Waals surface area contributed by atoms with Crippen molar-refractivity contribution in [1.82, 2.24) is 10.2 Å². The number of aromatic amines is 1. The summed E-state index contributed by atoms with van der Waals surface area (Å²) in [7, 11) is 0. The van der Waals surface area contributed by atoms with Crippen LogP contribution in [0.4, 0.5) is 5.69 Å². The summed E-state index contributed by atoms with van der Waals surface area (Å²) in [6, 6.07) is 0. The first-order chi connectivity index (χ1) is 7.66. The number of nitrogens with zero attached hydrogens (tertiary/aromatic N) is 1. The van der Waals surface area contributed by atoms with E-state index in [0.717, 1.165) is 0 Å². The largest absolute Gasteiger partial charge is 0.481 e. The molecule has 3 N–H and O–H groups in total. The number of hydrogen-bond donors (Lipinski definition) is 3. The molecule has 0 saturated heterocycles. The molecule has 1 aromatic heterocycles. The number of rotatable bonds is 3. The molecule has 1 amide bonds. The van der Waals surface area contributed by atoms with Crippen molar-refractivity contribution in [3.05, 3.63) is 12.4 Å². The molecule has 1 aromatic rings. The van der Waals surface area contributed by atoms with Crippen molar-refractivity contribution in [3.63, 3.8) is 0 Å². The molecule has 0 aromatic carbocycles. The lowest BCUT2D eigenvalue weighted by atomic mass is 10.0.